The lowest BCUT2D eigenvalue weighted by atomic mass is 9.99. The van der Waals surface area contributed by atoms with Crippen LogP contribution in [0.25, 0.3) is 0 Å². The first-order chi connectivity index (χ1) is 13.0. The molecule has 0 spiro atoms. The molecule has 1 fully saturated rings. The van der Waals surface area contributed by atoms with Gasteiger partial charge in [-0.25, -0.2) is 0 Å². The van der Waals surface area contributed by atoms with E-state index in [-0.39, 0.29) is 17.7 Å². The summed E-state index contributed by atoms with van der Waals surface area (Å²) >= 11 is 0. The minimum Gasteiger partial charge on any atom is -0.354 e. The SMILES string of the molecule is CC(C)CC(=O)NC(C(=O)NCCCN1CCC(C)CC1)c1ccccc1. The third kappa shape index (κ3) is 7.71. The van der Waals surface area contributed by atoms with Crippen LogP contribution in [0, 0.1) is 11.8 Å². The molecule has 5 heteroatoms. The molecule has 2 N–H and O–H groups in total. The van der Waals surface area contributed by atoms with Crippen molar-refractivity contribution in [3.63, 3.8) is 0 Å². The lowest BCUT2D eigenvalue weighted by Crippen LogP contribution is -2.41. The number of likely N-dealkylation sites (tertiary alicyclic amines) is 1. The van der Waals surface area contributed by atoms with Gasteiger partial charge in [-0.05, 0) is 56.3 Å². The number of nitrogens with one attached hydrogen (secondary N) is 2. The first-order valence-electron chi connectivity index (χ1n) is 10.3. The number of rotatable bonds is 9. The van der Waals surface area contributed by atoms with Gasteiger partial charge >= 0.3 is 0 Å². The Kier molecular flexibility index (Phi) is 8.79. The van der Waals surface area contributed by atoms with Gasteiger partial charge in [-0.2, -0.15) is 0 Å². The molecule has 0 bridgehead atoms. The van der Waals surface area contributed by atoms with Crippen LogP contribution in [0.3, 0.4) is 0 Å². The van der Waals surface area contributed by atoms with Crippen molar-refractivity contribution in [2.45, 2.75) is 52.5 Å². The van der Waals surface area contributed by atoms with Crippen LogP contribution in [-0.4, -0.2) is 42.9 Å². The number of benzene rings is 1. The zero-order chi connectivity index (χ0) is 19.6. The highest BCUT2D eigenvalue weighted by molar-refractivity contribution is 5.88. The van der Waals surface area contributed by atoms with Crippen LogP contribution >= 0.6 is 0 Å². The average molecular weight is 374 g/mol. The van der Waals surface area contributed by atoms with Crippen LogP contribution in [0.15, 0.2) is 30.3 Å². The molecule has 0 saturated carbocycles. The number of amides is 2. The maximum absolute atomic E-state index is 12.7. The zero-order valence-electron chi connectivity index (χ0n) is 17.0. The van der Waals surface area contributed by atoms with E-state index < -0.39 is 6.04 Å². The Morgan fingerprint density at radius 2 is 1.81 bits per heavy atom. The zero-order valence-corrected chi connectivity index (χ0v) is 17.0. The Hall–Kier alpha value is -1.88. The fraction of sp³-hybridized carbons (Fsp3) is 0.636. The smallest absolute Gasteiger partial charge is 0.247 e. The number of hydrogen-bond acceptors (Lipinski definition) is 3. The molecule has 1 atom stereocenters. The monoisotopic (exact) mass is 373 g/mol. The highest BCUT2D eigenvalue weighted by atomic mass is 16.2. The summed E-state index contributed by atoms with van der Waals surface area (Å²) in [6, 6.07) is 8.83. The molecule has 2 rings (SSSR count). The average Bonchev–Trinajstić information content (AvgIpc) is 2.64. The van der Waals surface area contributed by atoms with Gasteiger partial charge in [0.1, 0.15) is 6.04 Å². The largest absolute Gasteiger partial charge is 0.354 e. The van der Waals surface area contributed by atoms with Gasteiger partial charge in [-0.3, -0.25) is 9.59 Å². The standard InChI is InChI=1S/C22H35N3O2/c1-17(2)16-20(26)24-21(19-8-5-4-6-9-19)22(27)23-12-7-13-25-14-10-18(3)11-15-25/h4-6,8-9,17-18,21H,7,10-16H2,1-3H3,(H,23,27)(H,24,26). The van der Waals surface area contributed by atoms with Crippen molar-refractivity contribution in [1.82, 2.24) is 15.5 Å². The van der Waals surface area contributed by atoms with Gasteiger partial charge in [0.25, 0.3) is 0 Å². The maximum Gasteiger partial charge on any atom is 0.247 e. The minimum absolute atomic E-state index is 0.0866. The molecule has 5 nitrogen and oxygen atoms in total. The summed E-state index contributed by atoms with van der Waals surface area (Å²) in [4.78, 5) is 27.4. The van der Waals surface area contributed by atoms with Gasteiger partial charge in [0, 0.05) is 13.0 Å². The summed E-state index contributed by atoms with van der Waals surface area (Å²) in [5.41, 5.74) is 0.817. The second kappa shape index (κ2) is 11.1. The molecule has 1 aliphatic rings. The molecular weight excluding hydrogens is 338 g/mol. The Morgan fingerprint density at radius 1 is 1.15 bits per heavy atom. The van der Waals surface area contributed by atoms with Crippen LogP contribution in [0.5, 0.6) is 0 Å². The Labute approximate surface area is 163 Å². The minimum atomic E-state index is -0.631. The predicted molar refractivity (Wildman–Crippen MR) is 109 cm³/mol. The molecule has 1 saturated heterocycles. The molecule has 0 aromatic heterocycles. The Morgan fingerprint density at radius 3 is 2.44 bits per heavy atom. The van der Waals surface area contributed by atoms with Crippen LogP contribution in [0.2, 0.25) is 0 Å². The van der Waals surface area contributed by atoms with E-state index in [0.29, 0.717) is 13.0 Å². The molecule has 0 aliphatic carbocycles. The molecule has 1 aromatic carbocycles. The number of carbonyl (C=O) groups excluding carboxylic acids is 2. The van der Waals surface area contributed by atoms with E-state index in [1.807, 2.05) is 44.2 Å². The van der Waals surface area contributed by atoms with E-state index in [0.717, 1.165) is 37.5 Å². The fourth-order valence-electron chi connectivity index (χ4n) is 3.44. The van der Waals surface area contributed by atoms with Crippen molar-refractivity contribution in [1.29, 1.82) is 0 Å². The van der Waals surface area contributed by atoms with Crippen molar-refractivity contribution in [3.8, 4) is 0 Å². The van der Waals surface area contributed by atoms with Gasteiger partial charge in [0.15, 0.2) is 0 Å². The predicted octanol–water partition coefficient (Wildman–Crippen LogP) is 3.13. The molecule has 1 aromatic rings. The van der Waals surface area contributed by atoms with Crippen molar-refractivity contribution in [2.75, 3.05) is 26.2 Å². The van der Waals surface area contributed by atoms with Gasteiger partial charge < -0.3 is 15.5 Å². The first kappa shape index (κ1) is 21.4. The molecule has 1 unspecified atom stereocenters. The van der Waals surface area contributed by atoms with Crippen molar-refractivity contribution in [3.05, 3.63) is 35.9 Å². The van der Waals surface area contributed by atoms with Crippen LogP contribution in [0.1, 0.15) is 58.1 Å². The van der Waals surface area contributed by atoms with E-state index in [4.69, 9.17) is 0 Å². The molecule has 27 heavy (non-hydrogen) atoms. The highest BCUT2D eigenvalue weighted by Crippen LogP contribution is 2.16. The van der Waals surface area contributed by atoms with Crippen LogP contribution in [0.4, 0.5) is 0 Å². The summed E-state index contributed by atoms with van der Waals surface area (Å²) in [5.74, 6) is 0.876. The highest BCUT2D eigenvalue weighted by Gasteiger charge is 2.22. The van der Waals surface area contributed by atoms with Crippen molar-refractivity contribution >= 4 is 11.8 Å². The first-order valence-corrected chi connectivity index (χ1v) is 10.3. The fourth-order valence-corrected chi connectivity index (χ4v) is 3.44. The lowest BCUT2D eigenvalue weighted by molar-refractivity contribution is -0.129. The molecular formula is C22H35N3O2. The van der Waals surface area contributed by atoms with Crippen molar-refractivity contribution in [2.24, 2.45) is 11.8 Å². The van der Waals surface area contributed by atoms with Crippen LogP contribution in [-0.2, 0) is 9.59 Å². The van der Waals surface area contributed by atoms with Crippen LogP contribution < -0.4 is 10.6 Å². The van der Waals surface area contributed by atoms with E-state index in [1.165, 1.54) is 12.8 Å². The summed E-state index contributed by atoms with van der Waals surface area (Å²) in [7, 11) is 0. The molecule has 1 aliphatic heterocycles. The second-order valence-electron chi connectivity index (χ2n) is 8.18. The lowest BCUT2D eigenvalue weighted by Gasteiger charge is -2.30. The summed E-state index contributed by atoms with van der Waals surface area (Å²) in [5, 5.41) is 5.91. The van der Waals surface area contributed by atoms with E-state index in [9.17, 15) is 9.59 Å². The third-order valence-corrected chi connectivity index (χ3v) is 5.12. The molecule has 0 radical (unpaired) electrons. The Balaban J connectivity index is 1.83. The van der Waals surface area contributed by atoms with Gasteiger partial charge in [0.05, 0.1) is 0 Å². The maximum atomic E-state index is 12.7. The Bertz CT molecular complexity index is 580. The number of carbonyl (C=O) groups is 2. The molecule has 1 heterocycles. The molecule has 2 amide bonds. The number of hydrogen-bond donors (Lipinski definition) is 2. The van der Waals surface area contributed by atoms with E-state index in [1.54, 1.807) is 0 Å². The van der Waals surface area contributed by atoms with E-state index >= 15 is 0 Å². The van der Waals surface area contributed by atoms with E-state index in [2.05, 4.69) is 22.5 Å². The second-order valence-corrected chi connectivity index (χ2v) is 8.18. The normalized spacial score (nSPS) is 16.9. The molecule has 150 valence electrons. The van der Waals surface area contributed by atoms with Gasteiger partial charge in [-0.15, -0.1) is 0 Å². The summed E-state index contributed by atoms with van der Waals surface area (Å²) < 4.78 is 0. The summed E-state index contributed by atoms with van der Waals surface area (Å²) in [6.45, 7) is 10.3. The number of nitrogens with zero attached hydrogens (tertiary/aromatic N) is 1. The summed E-state index contributed by atoms with van der Waals surface area (Å²) in [6.07, 6.45) is 3.89. The quantitative estimate of drug-likeness (QED) is 0.654. The van der Waals surface area contributed by atoms with Gasteiger partial charge in [0.2, 0.25) is 11.8 Å². The van der Waals surface area contributed by atoms with Gasteiger partial charge in [-0.1, -0.05) is 51.1 Å². The topological polar surface area (TPSA) is 61.4 Å². The third-order valence-electron chi connectivity index (χ3n) is 5.12. The van der Waals surface area contributed by atoms with Crippen molar-refractivity contribution < 1.29 is 9.59 Å². The number of piperidine rings is 1.